The molecule has 0 aliphatic carbocycles. The molecule has 0 saturated heterocycles. The zero-order valence-corrected chi connectivity index (χ0v) is 24.1. The standard InChI is InChI=1S/C26H24FN5O6S3/c1-37-15-16-3-5-17(6-4-16)18-7-12-21-22(13-18)39-25(29-21)26(41(2,35)36,19-8-10-20(27)11-9-19)24-31-30-23(38-24)14-28-32-40(33)34/h3-13,28,32H,14-15H2,1-2H3,(H,33,34)/p-1. The molecule has 0 aliphatic rings. The normalized spacial score (nSPS) is 14.2. The number of sulfone groups is 1. The smallest absolute Gasteiger partial charge is 0.249 e. The van der Waals surface area contributed by atoms with E-state index in [9.17, 15) is 21.6 Å². The van der Waals surface area contributed by atoms with E-state index in [0.717, 1.165) is 46.4 Å². The van der Waals surface area contributed by atoms with Crippen molar-refractivity contribution in [2.45, 2.75) is 17.9 Å². The number of nitrogens with zero attached hydrogens (tertiary/aromatic N) is 3. The average molecular weight is 617 g/mol. The summed E-state index contributed by atoms with van der Waals surface area (Å²) in [7, 11) is -2.52. The summed E-state index contributed by atoms with van der Waals surface area (Å²) in [4.78, 5) is 6.64. The molecule has 0 spiro atoms. The second-order valence-electron chi connectivity index (χ2n) is 8.98. The van der Waals surface area contributed by atoms with E-state index in [2.05, 4.69) is 20.6 Å². The SMILES string of the molecule is COCc1ccc(-c2ccc3nc(C(c4ccc(F)cc4)(c4nnc(CNNS(=O)[O-])o4)S(C)(=O)=O)sc3c2)cc1. The van der Waals surface area contributed by atoms with Crippen molar-refractivity contribution in [1.82, 2.24) is 25.4 Å². The first-order valence-corrected chi connectivity index (χ1v) is 15.8. The fourth-order valence-corrected chi connectivity index (χ4v) is 7.61. The number of fused-ring (bicyclic) bond motifs is 1. The monoisotopic (exact) mass is 616 g/mol. The lowest BCUT2D eigenvalue weighted by molar-refractivity contribution is 0.185. The number of benzene rings is 3. The van der Waals surface area contributed by atoms with Crippen LogP contribution in [-0.4, -0.2) is 45.7 Å². The molecule has 0 amide bonds. The van der Waals surface area contributed by atoms with Crippen LogP contribution in [0.3, 0.4) is 0 Å². The van der Waals surface area contributed by atoms with Gasteiger partial charge in [-0.05, 0) is 46.5 Å². The summed E-state index contributed by atoms with van der Waals surface area (Å²) in [5.41, 5.74) is 5.95. The van der Waals surface area contributed by atoms with E-state index in [0.29, 0.717) is 16.8 Å². The molecule has 5 aromatic rings. The van der Waals surface area contributed by atoms with Gasteiger partial charge in [-0.3, -0.25) is 4.21 Å². The van der Waals surface area contributed by atoms with Crippen molar-refractivity contribution in [1.29, 1.82) is 0 Å². The molecular formula is C26H23FN5O6S3-. The third-order valence-electron chi connectivity index (χ3n) is 6.26. The van der Waals surface area contributed by atoms with Crippen molar-refractivity contribution >= 4 is 42.7 Å². The maximum absolute atomic E-state index is 13.9. The summed E-state index contributed by atoms with van der Waals surface area (Å²) in [5, 5.41) is 8.05. The van der Waals surface area contributed by atoms with E-state index in [-0.39, 0.29) is 28.9 Å². The fraction of sp³-hybridized carbons (Fsp3) is 0.192. The van der Waals surface area contributed by atoms with Crippen molar-refractivity contribution in [2.24, 2.45) is 0 Å². The molecule has 2 unspecified atom stereocenters. The van der Waals surface area contributed by atoms with Crippen LogP contribution in [0.5, 0.6) is 0 Å². The Kier molecular flexibility index (Phi) is 8.37. The number of ether oxygens (including phenoxy) is 1. The number of aromatic nitrogens is 3. The van der Waals surface area contributed by atoms with Crippen LogP contribution in [0.2, 0.25) is 0 Å². The highest BCUT2D eigenvalue weighted by Crippen LogP contribution is 2.46. The van der Waals surface area contributed by atoms with E-state index >= 15 is 0 Å². The van der Waals surface area contributed by atoms with E-state index in [1.807, 2.05) is 41.2 Å². The molecule has 0 fully saturated rings. The lowest BCUT2D eigenvalue weighted by Crippen LogP contribution is -2.38. The molecular weight excluding hydrogens is 594 g/mol. The molecule has 0 saturated carbocycles. The molecule has 2 atom stereocenters. The number of hydrogen-bond acceptors (Lipinski definition) is 11. The number of rotatable bonds is 11. The second-order valence-corrected chi connectivity index (χ2v) is 12.8. The number of nitrogens with one attached hydrogen (secondary N) is 2. The molecule has 0 radical (unpaired) electrons. The highest BCUT2D eigenvalue weighted by atomic mass is 32.2. The maximum atomic E-state index is 13.9. The van der Waals surface area contributed by atoms with Gasteiger partial charge >= 0.3 is 0 Å². The third kappa shape index (κ3) is 5.83. The Bertz CT molecular complexity index is 1810. The summed E-state index contributed by atoms with van der Waals surface area (Å²) in [6.45, 7) is 0.271. The molecule has 15 heteroatoms. The van der Waals surface area contributed by atoms with Crippen molar-refractivity contribution in [3.05, 3.63) is 100 Å². The number of halogens is 1. The first-order chi connectivity index (χ1) is 19.6. The van der Waals surface area contributed by atoms with Gasteiger partial charge in [0.1, 0.15) is 10.8 Å². The molecule has 41 heavy (non-hydrogen) atoms. The van der Waals surface area contributed by atoms with Crippen LogP contribution in [0.4, 0.5) is 4.39 Å². The Morgan fingerprint density at radius 1 is 1.07 bits per heavy atom. The zero-order valence-electron chi connectivity index (χ0n) is 21.7. The Hall–Kier alpha value is -3.44. The lowest BCUT2D eigenvalue weighted by atomic mass is 9.98. The number of hydrazine groups is 1. The van der Waals surface area contributed by atoms with E-state index in [4.69, 9.17) is 9.15 Å². The van der Waals surface area contributed by atoms with Crippen molar-refractivity contribution in [2.75, 3.05) is 13.4 Å². The first kappa shape index (κ1) is 29.1. The summed E-state index contributed by atoms with van der Waals surface area (Å²) in [6.07, 6.45) is 1.01. The molecule has 5 rings (SSSR count). The predicted octanol–water partition coefficient (Wildman–Crippen LogP) is 3.36. The number of methoxy groups -OCH3 is 1. The topological polar surface area (TPSA) is 159 Å². The van der Waals surface area contributed by atoms with Gasteiger partial charge in [0.05, 0.1) is 23.4 Å². The maximum Gasteiger partial charge on any atom is 0.249 e. The summed E-state index contributed by atoms with van der Waals surface area (Å²) in [5.74, 6) is -0.971. The second kappa shape index (κ2) is 11.8. The Morgan fingerprint density at radius 3 is 2.44 bits per heavy atom. The quantitative estimate of drug-likeness (QED) is 0.166. The highest BCUT2D eigenvalue weighted by molar-refractivity contribution is 7.92. The Labute approximate surface area is 241 Å². The van der Waals surface area contributed by atoms with E-state index in [1.54, 1.807) is 13.2 Å². The minimum absolute atomic E-state index is 0.0894. The van der Waals surface area contributed by atoms with Crippen molar-refractivity contribution in [3.8, 4) is 11.1 Å². The van der Waals surface area contributed by atoms with Crippen molar-refractivity contribution < 1.29 is 30.7 Å². The van der Waals surface area contributed by atoms with Gasteiger partial charge in [-0.2, -0.15) is 4.83 Å². The molecule has 3 aromatic carbocycles. The molecule has 214 valence electrons. The van der Waals surface area contributed by atoms with E-state index in [1.165, 1.54) is 12.1 Å². The Morgan fingerprint density at radius 2 is 1.78 bits per heavy atom. The molecule has 0 aliphatic heterocycles. The Balaban J connectivity index is 1.65. The largest absolute Gasteiger partial charge is 0.759 e. The van der Waals surface area contributed by atoms with Crippen LogP contribution < -0.4 is 10.3 Å². The van der Waals surface area contributed by atoms with Gasteiger partial charge < -0.3 is 13.7 Å². The zero-order chi connectivity index (χ0) is 29.2. The van der Waals surface area contributed by atoms with Gasteiger partial charge in [0.15, 0.2) is 9.84 Å². The number of thiazole rings is 1. The van der Waals surface area contributed by atoms with Crippen LogP contribution in [0.25, 0.3) is 21.3 Å². The molecule has 2 aromatic heterocycles. The summed E-state index contributed by atoms with van der Waals surface area (Å²) in [6, 6.07) is 18.4. The summed E-state index contributed by atoms with van der Waals surface area (Å²) < 4.78 is 72.5. The summed E-state index contributed by atoms with van der Waals surface area (Å²) >= 11 is -1.46. The molecule has 11 nitrogen and oxygen atoms in total. The molecule has 2 N–H and O–H groups in total. The van der Waals surface area contributed by atoms with Gasteiger partial charge in [-0.15, -0.1) is 21.5 Å². The molecule has 2 heterocycles. The fourth-order valence-electron chi connectivity index (χ4n) is 4.41. The minimum Gasteiger partial charge on any atom is -0.759 e. The lowest BCUT2D eigenvalue weighted by Gasteiger charge is -2.27. The van der Waals surface area contributed by atoms with Crippen molar-refractivity contribution in [3.63, 3.8) is 0 Å². The van der Waals surface area contributed by atoms with Gasteiger partial charge in [0.25, 0.3) is 0 Å². The third-order valence-corrected chi connectivity index (χ3v) is 9.55. The average Bonchev–Trinajstić information content (AvgIpc) is 3.57. The number of hydrogen-bond donors (Lipinski definition) is 2. The predicted molar refractivity (Wildman–Crippen MR) is 150 cm³/mol. The van der Waals surface area contributed by atoms with Crippen LogP contribution in [0.15, 0.2) is 71.1 Å². The van der Waals surface area contributed by atoms with Crippen LogP contribution in [0, 0.1) is 5.82 Å². The van der Waals surface area contributed by atoms with Crippen LogP contribution >= 0.6 is 11.3 Å². The van der Waals surface area contributed by atoms with Gasteiger partial charge in [-0.1, -0.05) is 42.5 Å². The minimum atomic E-state index is -4.16. The van der Waals surface area contributed by atoms with Gasteiger partial charge in [0, 0.05) is 24.6 Å². The van der Waals surface area contributed by atoms with Gasteiger partial charge in [-0.25, -0.2) is 23.2 Å². The highest BCUT2D eigenvalue weighted by Gasteiger charge is 2.53. The van der Waals surface area contributed by atoms with Crippen LogP contribution in [-0.2, 0) is 43.7 Å². The van der Waals surface area contributed by atoms with Gasteiger partial charge in [0.2, 0.25) is 16.5 Å². The first-order valence-electron chi connectivity index (χ1n) is 12.0. The molecule has 0 bridgehead atoms. The van der Waals surface area contributed by atoms with E-state index < -0.39 is 31.7 Å². The van der Waals surface area contributed by atoms with Crippen LogP contribution in [0.1, 0.15) is 27.9 Å².